The first kappa shape index (κ1) is 23.7. The van der Waals surface area contributed by atoms with E-state index in [1.807, 2.05) is 50.3 Å². The van der Waals surface area contributed by atoms with Crippen LogP contribution in [0.2, 0.25) is 0 Å². The largest absolute Gasteiger partial charge is 0.322 e. The van der Waals surface area contributed by atoms with E-state index in [0.717, 1.165) is 42.5 Å². The Morgan fingerprint density at radius 3 is 2.19 bits per heavy atom. The van der Waals surface area contributed by atoms with E-state index in [0.29, 0.717) is 23.8 Å². The van der Waals surface area contributed by atoms with Gasteiger partial charge in [0.05, 0.1) is 0 Å². The summed E-state index contributed by atoms with van der Waals surface area (Å²) in [7, 11) is 0. The van der Waals surface area contributed by atoms with E-state index >= 15 is 0 Å². The number of anilines is 1. The number of hydrogen-bond acceptors (Lipinski definition) is 2. The second-order valence-electron chi connectivity index (χ2n) is 8.54. The molecule has 0 bridgehead atoms. The summed E-state index contributed by atoms with van der Waals surface area (Å²) in [6, 6.07) is 14.5. The monoisotopic (exact) mass is 431 g/mol. The van der Waals surface area contributed by atoms with Crippen molar-refractivity contribution < 1.29 is 11.0 Å². The lowest BCUT2D eigenvalue weighted by Gasteiger charge is -2.31. The SMILES string of the molecule is CC.CC(=O)c1ccc(C2CCC(c3ccccc3C)CC2)c(NC(=O)C2=CC=CC2)c1.[HH]. The zero-order chi connectivity index (χ0) is 23.1. The van der Waals surface area contributed by atoms with Crippen LogP contribution in [0.15, 0.2) is 66.3 Å². The molecule has 1 saturated carbocycles. The number of Topliss-reactive ketones (excluding diaryl/α,β-unsaturated/α-hetero) is 1. The summed E-state index contributed by atoms with van der Waals surface area (Å²) in [5, 5.41) is 3.10. The Balaban J connectivity index is 0.00000125. The minimum absolute atomic E-state index is 0. The fraction of sp³-hybridized carbons (Fsp3) is 0.379. The number of carbonyl (C=O) groups excluding carboxylic acids is 2. The molecule has 0 saturated heterocycles. The van der Waals surface area contributed by atoms with Gasteiger partial charge < -0.3 is 5.32 Å². The third kappa shape index (κ3) is 5.45. The molecule has 0 radical (unpaired) electrons. The van der Waals surface area contributed by atoms with Gasteiger partial charge in [0.1, 0.15) is 0 Å². The van der Waals surface area contributed by atoms with E-state index < -0.39 is 0 Å². The number of rotatable bonds is 5. The third-order valence-corrected chi connectivity index (χ3v) is 6.57. The molecule has 32 heavy (non-hydrogen) atoms. The number of amides is 1. The summed E-state index contributed by atoms with van der Waals surface area (Å²) in [6.45, 7) is 7.76. The summed E-state index contributed by atoms with van der Waals surface area (Å²) in [6.07, 6.45) is 10.9. The van der Waals surface area contributed by atoms with Crippen LogP contribution in [0.25, 0.3) is 0 Å². The highest BCUT2D eigenvalue weighted by molar-refractivity contribution is 6.06. The Kier molecular flexibility index (Phi) is 8.21. The third-order valence-electron chi connectivity index (χ3n) is 6.57. The molecule has 3 nitrogen and oxygen atoms in total. The maximum Gasteiger partial charge on any atom is 0.251 e. The first-order valence-electron chi connectivity index (χ1n) is 11.9. The minimum atomic E-state index is -0.0736. The molecule has 1 fully saturated rings. The Bertz CT molecular complexity index is 1030. The van der Waals surface area contributed by atoms with Crippen LogP contribution in [0, 0.1) is 6.92 Å². The molecule has 2 aliphatic rings. The lowest BCUT2D eigenvalue weighted by atomic mass is 9.75. The van der Waals surface area contributed by atoms with Crippen molar-refractivity contribution in [3.8, 4) is 0 Å². The molecule has 3 heteroatoms. The number of ketones is 1. The van der Waals surface area contributed by atoms with E-state index in [-0.39, 0.29) is 13.1 Å². The summed E-state index contributed by atoms with van der Waals surface area (Å²) in [4.78, 5) is 24.6. The first-order chi connectivity index (χ1) is 15.5. The van der Waals surface area contributed by atoms with E-state index in [4.69, 9.17) is 0 Å². The Morgan fingerprint density at radius 1 is 0.938 bits per heavy atom. The number of allylic oxidation sites excluding steroid dienone is 3. The number of carbonyl (C=O) groups is 2. The van der Waals surface area contributed by atoms with Crippen molar-refractivity contribution in [1.29, 1.82) is 0 Å². The molecule has 1 N–H and O–H groups in total. The van der Waals surface area contributed by atoms with Gasteiger partial charge in [0.2, 0.25) is 0 Å². The molecule has 0 heterocycles. The molecular formula is C29H37NO2. The number of nitrogens with one attached hydrogen (secondary N) is 1. The number of aryl methyl sites for hydroxylation is 1. The maximum absolute atomic E-state index is 12.7. The molecule has 4 rings (SSSR count). The maximum atomic E-state index is 12.7. The smallest absolute Gasteiger partial charge is 0.251 e. The molecule has 0 aliphatic heterocycles. The quantitative estimate of drug-likeness (QED) is 0.492. The van der Waals surface area contributed by atoms with Gasteiger partial charge >= 0.3 is 0 Å². The van der Waals surface area contributed by atoms with Gasteiger partial charge in [-0.15, -0.1) is 0 Å². The summed E-state index contributed by atoms with van der Waals surface area (Å²) in [5.41, 5.74) is 6.19. The highest BCUT2D eigenvalue weighted by Gasteiger charge is 2.26. The van der Waals surface area contributed by atoms with Crippen LogP contribution in [0.3, 0.4) is 0 Å². The molecule has 1 amide bonds. The summed E-state index contributed by atoms with van der Waals surface area (Å²) < 4.78 is 0. The van der Waals surface area contributed by atoms with Crippen molar-refractivity contribution in [2.45, 2.75) is 71.6 Å². The molecule has 0 aromatic heterocycles. The van der Waals surface area contributed by atoms with Gasteiger partial charge in [-0.2, -0.15) is 0 Å². The molecule has 2 aromatic carbocycles. The highest BCUT2D eigenvalue weighted by Crippen LogP contribution is 2.43. The van der Waals surface area contributed by atoms with E-state index in [2.05, 4.69) is 36.5 Å². The molecule has 170 valence electrons. The number of benzene rings is 2. The predicted octanol–water partition coefficient (Wildman–Crippen LogP) is 7.74. The normalized spacial score (nSPS) is 19.6. The van der Waals surface area contributed by atoms with Gasteiger partial charge in [-0.25, -0.2) is 0 Å². The fourth-order valence-corrected chi connectivity index (χ4v) is 4.82. The second-order valence-corrected chi connectivity index (χ2v) is 8.54. The molecule has 2 aromatic rings. The van der Waals surface area contributed by atoms with Gasteiger partial charge in [0.25, 0.3) is 5.91 Å². The average molecular weight is 432 g/mol. The van der Waals surface area contributed by atoms with Gasteiger partial charge in [0.15, 0.2) is 5.78 Å². The minimum Gasteiger partial charge on any atom is -0.322 e. The van der Waals surface area contributed by atoms with Crippen molar-refractivity contribution >= 4 is 17.4 Å². The van der Waals surface area contributed by atoms with Crippen molar-refractivity contribution in [2.24, 2.45) is 0 Å². The van der Waals surface area contributed by atoms with Crippen molar-refractivity contribution in [2.75, 3.05) is 5.32 Å². The lowest BCUT2D eigenvalue weighted by molar-refractivity contribution is -0.112. The topological polar surface area (TPSA) is 46.2 Å². The molecular weight excluding hydrogens is 394 g/mol. The Hall–Kier alpha value is -2.94. The van der Waals surface area contributed by atoms with E-state index in [9.17, 15) is 9.59 Å². The van der Waals surface area contributed by atoms with Gasteiger partial charge in [0, 0.05) is 18.3 Å². The van der Waals surface area contributed by atoms with E-state index in [1.165, 1.54) is 11.1 Å². The Labute approximate surface area is 194 Å². The van der Waals surface area contributed by atoms with Crippen LogP contribution in [-0.4, -0.2) is 11.7 Å². The van der Waals surface area contributed by atoms with Crippen LogP contribution in [0.4, 0.5) is 5.69 Å². The molecule has 0 unspecified atom stereocenters. The van der Waals surface area contributed by atoms with Gasteiger partial charge in [-0.05, 0) is 80.5 Å². The fourth-order valence-electron chi connectivity index (χ4n) is 4.82. The number of hydrogen-bond donors (Lipinski definition) is 1. The van der Waals surface area contributed by atoms with Crippen molar-refractivity contribution in [3.05, 3.63) is 88.5 Å². The summed E-state index contributed by atoms with van der Waals surface area (Å²) >= 11 is 0. The Morgan fingerprint density at radius 2 is 1.59 bits per heavy atom. The standard InChI is InChI=1S/C27H29NO2.C2H6.H2/c1-18-7-3-6-10-24(18)20-11-13-21(14-12-20)25-16-15-23(19(2)29)17-26(25)28-27(30)22-8-4-5-9-22;1-2;/h3-8,10,15-17,20-21H,9,11-14H2,1-2H3,(H,28,30);1-2H3;1H. The van der Waals surface area contributed by atoms with Crippen LogP contribution in [-0.2, 0) is 4.79 Å². The zero-order valence-electron chi connectivity index (χ0n) is 19.8. The van der Waals surface area contributed by atoms with Crippen molar-refractivity contribution in [3.63, 3.8) is 0 Å². The van der Waals surface area contributed by atoms with Gasteiger partial charge in [-0.3, -0.25) is 9.59 Å². The van der Waals surface area contributed by atoms with Crippen LogP contribution in [0.5, 0.6) is 0 Å². The average Bonchev–Trinajstić information content (AvgIpc) is 3.36. The van der Waals surface area contributed by atoms with Crippen LogP contribution < -0.4 is 5.32 Å². The molecule has 0 spiro atoms. The molecule has 0 atom stereocenters. The first-order valence-corrected chi connectivity index (χ1v) is 11.9. The lowest BCUT2D eigenvalue weighted by Crippen LogP contribution is -2.18. The molecule has 2 aliphatic carbocycles. The van der Waals surface area contributed by atoms with E-state index in [1.54, 1.807) is 6.92 Å². The van der Waals surface area contributed by atoms with Crippen molar-refractivity contribution in [1.82, 2.24) is 0 Å². The second kappa shape index (κ2) is 11.1. The summed E-state index contributed by atoms with van der Waals surface area (Å²) in [5.74, 6) is 0.946. The zero-order valence-corrected chi connectivity index (χ0v) is 19.8. The van der Waals surface area contributed by atoms with Crippen LogP contribution in [0.1, 0.15) is 93.2 Å². The predicted molar refractivity (Wildman–Crippen MR) is 136 cm³/mol. The van der Waals surface area contributed by atoms with Crippen LogP contribution >= 0.6 is 0 Å². The van der Waals surface area contributed by atoms with Gasteiger partial charge in [-0.1, -0.05) is 68.5 Å². The highest BCUT2D eigenvalue weighted by atomic mass is 16.1.